The highest BCUT2D eigenvalue weighted by Crippen LogP contribution is 2.33. The quantitative estimate of drug-likeness (QED) is 0.639. The maximum absolute atomic E-state index is 10.9. The number of ether oxygens (including phenoxy) is 3. The molecule has 120 valence electrons. The predicted molar refractivity (Wildman–Crippen MR) is 80.7 cm³/mol. The number of rotatable bonds is 9. The van der Waals surface area contributed by atoms with E-state index >= 15 is 0 Å². The summed E-state index contributed by atoms with van der Waals surface area (Å²) in [6, 6.07) is 3.54. The van der Waals surface area contributed by atoms with E-state index in [1.807, 2.05) is 0 Å². The van der Waals surface area contributed by atoms with Crippen LogP contribution in [0.3, 0.4) is 0 Å². The Morgan fingerprint density at radius 1 is 1.00 bits per heavy atom. The summed E-state index contributed by atoms with van der Waals surface area (Å²) >= 11 is 0. The molecule has 0 unspecified atom stereocenters. The fourth-order valence-electron chi connectivity index (χ4n) is 1.79. The fraction of sp³-hybridized carbons (Fsp3) is 0.538. The van der Waals surface area contributed by atoms with E-state index in [9.17, 15) is 8.42 Å². The minimum Gasteiger partial charge on any atom is -0.496 e. The molecule has 2 N–H and O–H groups in total. The Bertz CT molecular complexity index is 535. The third-order valence-electron chi connectivity index (χ3n) is 2.78. The van der Waals surface area contributed by atoms with E-state index in [0.29, 0.717) is 36.9 Å². The highest BCUT2D eigenvalue weighted by atomic mass is 32.2. The molecule has 0 aromatic heterocycles. The van der Waals surface area contributed by atoms with Crippen LogP contribution in [0.15, 0.2) is 12.1 Å². The lowest BCUT2D eigenvalue weighted by Gasteiger charge is -2.15. The number of hydrogen-bond donors (Lipinski definition) is 2. The summed E-state index contributed by atoms with van der Waals surface area (Å²) in [4.78, 5) is 0. The maximum Gasteiger partial charge on any atom is 0.208 e. The summed E-state index contributed by atoms with van der Waals surface area (Å²) in [5.74, 6) is 1.94. The second kappa shape index (κ2) is 8.06. The van der Waals surface area contributed by atoms with Crippen molar-refractivity contribution in [2.75, 3.05) is 40.7 Å². The van der Waals surface area contributed by atoms with Crippen molar-refractivity contribution in [3.63, 3.8) is 0 Å². The van der Waals surface area contributed by atoms with E-state index in [4.69, 9.17) is 14.2 Å². The molecule has 0 saturated heterocycles. The second-order valence-corrected chi connectivity index (χ2v) is 6.19. The van der Waals surface area contributed by atoms with Gasteiger partial charge in [-0.15, -0.1) is 0 Å². The molecule has 0 heterocycles. The van der Waals surface area contributed by atoms with Crippen molar-refractivity contribution in [2.24, 2.45) is 0 Å². The Hall–Kier alpha value is -1.51. The summed E-state index contributed by atoms with van der Waals surface area (Å²) in [7, 11) is 1.56. The van der Waals surface area contributed by atoms with E-state index in [1.165, 1.54) is 0 Å². The zero-order chi connectivity index (χ0) is 15.9. The topological polar surface area (TPSA) is 85.9 Å². The Balaban J connectivity index is 2.69. The summed E-state index contributed by atoms with van der Waals surface area (Å²) < 4.78 is 40.1. The van der Waals surface area contributed by atoms with Gasteiger partial charge in [-0.25, -0.2) is 13.1 Å². The minimum atomic E-state index is -3.16. The lowest BCUT2D eigenvalue weighted by molar-refractivity contribution is 0.366. The lowest BCUT2D eigenvalue weighted by atomic mass is 10.1. The van der Waals surface area contributed by atoms with Gasteiger partial charge in [0.2, 0.25) is 10.0 Å². The molecular weight excluding hydrogens is 296 g/mol. The van der Waals surface area contributed by atoms with Gasteiger partial charge >= 0.3 is 0 Å². The first-order chi connectivity index (χ1) is 9.91. The molecule has 0 saturated carbocycles. The van der Waals surface area contributed by atoms with Crippen LogP contribution < -0.4 is 24.2 Å². The van der Waals surface area contributed by atoms with Crippen LogP contribution in [0.5, 0.6) is 17.2 Å². The van der Waals surface area contributed by atoms with Crippen molar-refractivity contribution >= 4 is 10.0 Å². The molecule has 21 heavy (non-hydrogen) atoms. The predicted octanol–water partition coefficient (Wildman–Crippen LogP) is 0.351. The molecule has 0 amide bonds. The largest absolute Gasteiger partial charge is 0.496 e. The van der Waals surface area contributed by atoms with Gasteiger partial charge in [-0.3, -0.25) is 0 Å². The van der Waals surface area contributed by atoms with Crippen molar-refractivity contribution < 1.29 is 22.6 Å². The van der Waals surface area contributed by atoms with Crippen molar-refractivity contribution in [1.29, 1.82) is 0 Å². The first-order valence-corrected chi connectivity index (χ1v) is 8.24. The minimum absolute atomic E-state index is 0.319. The number of benzene rings is 1. The van der Waals surface area contributed by atoms with Gasteiger partial charge in [0.1, 0.15) is 17.2 Å². The van der Waals surface area contributed by atoms with Crippen LogP contribution >= 0.6 is 0 Å². The molecule has 0 aliphatic heterocycles. The molecule has 0 radical (unpaired) electrons. The van der Waals surface area contributed by atoms with Gasteiger partial charge < -0.3 is 19.5 Å². The average Bonchev–Trinajstić information content (AvgIpc) is 2.45. The Morgan fingerprint density at radius 3 is 2.00 bits per heavy atom. The van der Waals surface area contributed by atoms with Crippen LogP contribution in [0, 0.1) is 0 Å². The van der Waals surface area contributed by atoms with Gasteiger partial charge in [0.15, 0.2) is 0 Å². The summed E-state index contributed by atoms with van der Waals surface area (Å²) in [6.07, 6.45) is 1.13. The Labute approximate surface area is 125 Å². The maximum atomic E-state index is 10.9. The first kappa shape index (κ1) is 17.5. The van der Waals surface area contributed by atoms with Gasteiger partial charge in [-0.1, -0.05) is 0 Å². The summed E-state index contributed by atoms with van der Waals surface area (Å²) in [5.41, 5.74) is 0.847. The number of methoxy groups -OCH3 is 3. The molecule has 0 atom stereocenters. The SMILES string of the molecule is COc1cc(OC)c(CNCCNS(C)(=O)=O)c(OC)c1. The van der Waals surface area contributed by atoms with E-state index in [1.54, 1.807) is 33.5 Å². The summed E-state index contributed by atoms with van der Waals surface area (Å²) in [6.45, 7) is 1.30. The van der Waals surface area contributed by atoms with E-state index in [2.05, 4.69) is 10.0 Å². The van der Waals surface area contributed by atoms with Gasteiger partial charge in [0.05, 0.1) is 33.1 Å². The van der Waals surface area contributed by atoms with Crippen molar-refractivity contribution in [3.8, 4) is 17.2 Å². The van der Waals surface area contributed by atoms with Crippen LogP contribution in [0.4, 0.5) is 0 Å². The van der Waals surface area contributed by atoms with Crippen molar-refractivity contribution in [1.82, 2.24) is 10.0 Å². The second-order valence-electron chi connectivity index (χ2n) is 4.35. The van der Waals surface area contributed by atoms with Crippen LogP contribution in [-0.4, -0.2) is 49.1 Å². The van der Waals surface area contributed by atoms with Gasteiger partial charge in [-0.05, 0) is 0 Å². The molecular formula is C13H22N2O5S. The molecule has 0 fully saturated rings. The fourth-order valence-corrected chi connectivity index (χ4v) is 2.26. The smallest absolute Gasteiger partial charge is 0.208 e. The molecule has 1 aromatic rings. The van der Waals surface area contributed by atoms with E-state index in [-0.39, 0.29) is 0 Å². The number of nitrogens with one attached hydrogen (secondary N) is 2. The molecule has 1 aromatic carbocycles. The van der Waals surface area contributed by atoms with Crippen LogP contribution in [-0.2, 0) is 16.6 Å². The highest BCUT2D eigenvalue weighted by Gasteiger charge is 2.12. The molecule has 7 nitrogen and oxygen atoms in total. The van der Waals surface area contributed by atoms with Crippen LogP contribution in [0.1, 0.15) is 5.56 Å². The van der Waals surface area contributed by atoms with Gasteiger partial charge in [0.25, 0.3) is 0 Å². The lowest BCUT2D eigenvalue weighted by Crippen LogP contribution is -2.30. The molecule has 8 heteroatoms. The molecule has 0 aliphatic rings. The third-order valence-corrected chi connectivity index (χ3v) is 3.51. The summed E-state index contributed by atoms with van der Waals surface area (Å²) in [5, 5.41) is 3.13. The van der Waals surface area contributed by atoms with Crippen LogP contribution in [0.2, 0.25) is 0 Å². The van der Waals surface area contributed by atoms with E-state index < -0.39 is 10.0 Å². The Morgan fingerprint density at radius 2 is 1.57 bits per heavy atom. The number of hydrogen-bond acceptors (Lipinski definition) is 6. The monoisotopic (exact) mass is 318 g/mol. The van der Waals surface area contributed by atoms with Gasteiger partial charge in [0, 0.05) is 31.8 Å². The number of sulfonamides is 1. The van der Waals surface area contributed by atoms with Crippen molar-refractivity contribution in [2.45, 2.75) is 6.54 Å². The third kappa shape index (κ3) is 5.78. The molecule has 1 rings (SSSR count). The Kier molecular flexibility index (Phi) is 6.73. The van der Waals surface area contributed by atoms with E-state index in [0.717, 1.165) is 11.8 Å². The molecule has 0 bridgehead atoms. The zero-order valence-corrected chi connectivity index (χ0v) is 13.5. The van der Waals surface area contributed by atoms with Crippen molar-refractivity contribution in [3.05, 3.63) is 17.7 Å². The molecule has 0 aliphatic carbocycles. The normalized spacial score (nSPS) is 11.2. The standard InChI is InChI=1S/C13H22N2O5S/c1-18-10-7-12(19-2)11(13(8-10)20-3)9-14-5-6-15-21(4,16)17/h7-8,14-15H,5-6,9H2,1-4H3. The van der Waals surface area contributed by atoms with Gasteiger partial charge in [-0.2, -0.15) is 0 Å². The molecule has 0 spiro atoms. The van der Waals surface area contributed by atoms with Crippen LogP contribution in [0.25, 0.3) is 0 Å². The highest BCUT2D eigenvalue weighted by molar-refractivity contribution is 7.88. The zero-order valence-electron chi connectivity index (χ0n) is 12.7. The first-order valence-electron chi connectivity index (χ1n) is 6.35. The average molecular weight is 318 g/mol.